The van der Waals surface area contributed by atoms with E-state index in [2.05, 4.69) is 9.97 Å². The van der Waals surface area contributed by atoms with E-state index in [0.29, 0.717) is 6.54 Å². The second-order valence-electron chi connectivity index (χ2n) is 5.10. The standard InChI is InChI=1S/C12H16N4O4/c1-6(2)5-16-10-9(11(19)15(3)12(16)20)13-7(14-10)4-8(17)18/h6H,4-5H2,1-3H3,(H,13,14)(H,17,18). The number of nitrogens with zero attached hydrogens (tertiary/aromatic N) is 3. The molecule has 0 fully saturated rings. The van der Waals surface area contributed by atoms with Crippen LogP contribution in [0.4, 0.5) is 0 Å². The van der Waals surface area contributed by atoms with Crippen LogP contribution in [0.2, 0.25) is 0 Å². The van der Waals surface area contributed by atoms with Crippen molar-refractivity contribution in [3.05, 3.63) is 26.7 Å². The Kier molecular flexibility index (Phi) is 3.47. The molecule has 0 unspecified atom stereocenters. The smallest absolute Gasteiger partial charge is 0.332 e. The maximum absolute atomic E-state index is 12.1. The predicted molar refractivity (Wildman–Crippen MR) is 71.8 cm³/mol. The van der Waals surface area contributed by atoms with E-state index in [0.717, 1.165) is 4.57 Å². The van der Waals surface area contributed by atoms with Gasteiger partial charge < -0.3 is 10.1 Å². The van der Waals surface area contributed by atoms with Crippen LogP contribution in [-0.4, -0.2) is 30.2 Å². The van der Waals surface area contributed by atoms with Gasteiger partial charge in [-0.3, -0.25) is 18.7 Å². The fourth-order valence-corrected chi connectivity index (χ4v) is 2.04. The molecule has 0 atom stereocenters. The molecule has 2 heterocycles. The minimum atomic E-state index is -1.06. The van der Waals surface area contributed by atoms with Crippen LogP contribution < -0.4 is 11.2 Å². The zero-order valence-electron chi connectivity index (χ0n) is 11.5. The Balaban J connectivity index is 2.76. The first-order chi connectivity index (χ1) is 9.31. The van der Waals surface area contributed by atoms with E-state index < -0.39 is 17.2 Å². The summed E-state index contributed by atoms with van der Waals surface area (Å²) in [5.74, 6) is -0.709. The summed E-state index contributed by atoms with van der Waals surface area (Å²) in [6.45, 7) is 4.28. The third-order valence-corrected chi connectivity index (χ3v) is 2.89. The Morgan fingerprint density at radius 1 is 1.40 bits per heavy atom. The molecule has 0 aliphatic rings. The second kappa shape index (κ2) is 4.95. The van der Waals surface area contributed by atoms with Crippen molar-refractivity contribution < 1.29 is 9.90 Å². The highest BCUT2D eigenvalue weighted by molar-refractivity contribution is 5.73. The number of hydrogen-bond acceptors (Lipinski definition) is 4. The van der Waals surface area contributed by atoms with E-state index in [1.807, 2.05) is 13.8 Å². The molecule has 0 saturated heterocycles. The largest absolute Gasteiger partial charge is 0.481 e. The molecule has 2 N–H and O–H groups in total. The zero-order chi connectivity index (χ0) is 15.0. The van der Waals surface area contributed by atoms with Gasteiger partial charge in [-0.15, -0.1) is 0 Å². The molecule has 8 heteroatoms. The van der Waals surface area contributed by atoms with Crippen LogP contribution in [0.1, 0.15) is 19.7 Å². The average Bonchev–Trinajstić information content (AvgIpc) is 2.74. The van der Waals surface area contributed by atoms with Crippen LogP contribution in [-0.2, 0) is 24.8 Å². The lowest BCUT2D eigenvalue weighted by Gasteiger charge is -2.10. The van der Waals surface area contributed by atoms with Gasteiger partial charge in [-0.1, -0.05) is 13.8 Å². The summed E-state index contributed by atoms with van der Waals surface area (Å²) in [4.78, 5) is 41.6. The number of H-pyrrole nitrogens is 1. The SMILES string of the molecule is CC(C)Cn1c(=O)n(C)c(=O)c2[nH]c(CC(=O)O)nc21. The Hall–Kier alpha value is -2.38. The monoisotopic (exact) mass is 280 g/mol. The van der Waals surface area contributed by atoms with E-state index in [1.165, 1.54) is 11.6 Å². The maximum Gasteiger partial charge on any atom is 0.332 e. The summed E-state index contributed by atoms with van der Waals surface area (Å²) in [7, 11) is 1.39. The Morgan fingerprint density at radius 2 is 2.05 bits per heavy atom. The fourth-order valence-electron chi connectivity index (χ4n) is 2.04. The molecule has 0 bridgehead atoms. The van der Waals surface area contributed by atoms with Crippen molar-refractivity contribution in [3.8, 4) is 0 Å². The van der Waals surface area contributed by atoms with E-state index in [4.69, 9.17) is 5.11 Å². The summed E-state index contributed by atoms with van der Waals surface area (Å²) < 4.78 is 2.39. The number of carboxylic acids is 1. The van der Waals surface area contributed by atoms with Crippen molar-refractivity contribution in [2.75, 3.05) is 0 Å². The summed E-state index contributed by atoms with van der Waals surface area (Å²) in [6, 6.07) is 0. The van der Waals surface area contributed by atoms with Gasteiger partial charge in [0.15, 0.2) is 5.65 Å². The summed E-state index contributed by atoms with van der Waals surface area (Å²) in [6.07, 6.45) is -0.326. The first-order valence-corrected chi connectivity index (χ1v) is 6.21. The topological polar surface area (TPSA) is 110 Å². The van der Waals surface area contributed by atoms with Gasteiger partial charge in [0.05, 0.1) is 0 Å². The molecular weight excluding hydrogens is 264 g/mol. The number of aromatic amines is 1. The van der Waals surface area contributed by atoms with Crippen LogP contribution in [0.3, 0.4) is 0 Å². The number of rotatable bonds is 4. The molecule has 108 valence electrons. The van der Waals surface area contributed by atoms with Crippen LogP contribution >= 0.6 is 0 Å². The first kappa shape index (κ1) is 14.0. The molecular formula is C12H16N4O4. The Bertz CT molecular complexity index is 781. The van der Waals surface area contributed by atoms with Crippen molar-refractivity contribution in [2.45, 2.75) is 26.8 Å². The van der Waals surface area contributed by atoms with Crippen molar-refractivity contribution in [2.24, 2.45) is 13.0 Å². The zero-order valence-corrected chi connectivity index (χ0v) is 11.5. The molecule has 2 aromatic rings. The van der Waals surface area contributed by atoms with Crippen molar-refractivity contribution in [3.63, 3.8) is 0 Å². The number of fused-ring (bicyclic) bond motifs is 1. The number of nitrogens with one attached hydrogen (secondary N) is 1. The van der Waals surface area contributed by atoms with Gasteiger partial charge in [-0.2, -0.15) is 0 Å². The minimum Gasteiger partial charge on any atom is -0.481 e. The molecule has 0 radical (unpaired) electrons. The van der Waals surface area contributed by atoms with E-state index in [-0.39, 0.29) is 29.3 Å². The molecule has 0 saturated carbocycles. The number of hydrogen-bond donors (Lipinski definition) is 2. The number of aromatic nitrogens is 4. The first-order valence-electron chi connectivity index (χ1n) is 6.21. The predicted octanol–water partition coefficient (Wildman–Crippen LogP) is -0.294. The van der Waals surface area contributed by atoms with E-state index in [1.54, 1.807) is 0 Å². The van der Waals surface area contributed by atoms with Gasteiger partial charge in [0.25, 0.3) is 5.56 Å². The molecule has 0 amide bonds. The molecule has 0 aliphatic heterocycles. The highest BCUT2D eigenvalue weighted by Gasteiger charge is 2.17. The molecule has 2 rings (SSSR count). The van der Waals surface area contributed by atoms with Gasteiger partial charge >= 0.3 is 11.7 Å². The van der Waals surface area contributed by atoms with Crippen molar-refractivity contribution in [1.29, 1.82) is 0 Å². The lowest BCUT2D eigenvalue weighted by atomic mass is 10.2. The average molecular weight is 280 g/mol. The van der Waals surface area contributed by atoms with E-state index >= 15 is 0 Å². The second-order valence-corrected chi connectivity index (χ2v) is 5.10. The number of carbonyl (C=O) groups is 1. The molecule has 20 heavy (non-hydrogen) atoms. The maximum atomic E-state index is 12.1. The summed E-state index contributed by atoms with van der Waals surface area (Å²) in [5, 5.41) is 8.77. The Labute approximate surface area is 113 Å². The van der Waals surface area contributed by atoms with Crippen LogP contribution in [0.15, 0.2) is 9.59 Å². The van der Waals surface area contributed by atoms with Gasteiger partial charge in [0, 0.05) is 13.6 Å². The highest BCUT2D eigenvalue weighted by Crippen LogP contribution is 2.08. The minimum absolute atomic E-state index is 0.156. The van der Waals surface area contributed by atoms with Crippen LogP contribution in [0.5, 0.6) is 0 Å². The number of carboxylic acid groups (broad SMARTS) is 1. The van der Waals surface area contributed by atoms with Crippen molar-refractivity contribution in [1.82, 2.24) is 19.1 Å². The van der Waals surface area contributed by atoms with Gasteiger partial charge in [0.1, 0.15) is 17.8 Å². The normalized spacial score (nSPS) is 11.4. The molecule has 0 spiro atoms. The van der Waals surface area contributed by atoms with Crippen LogP contribution in [0.25, 0.3) is 11.2 Å². The lowest BCUT2D eigenvalue weighted by Crippen LogP contribution is -2.38. The van der Waals surface area contributed by atoms with Gasteiger partial charge in [-0.25, -0.2) is 9.78 Å². The summed E-state index contributed by atoms with van der Waals surface area (Å²) >= 11 is 0. The number of aliphatic carboxylic acids is 1. The van der Waals surface area contributed by atoms with Gasteiger partial charge in [-0.05, 0) is 5.92 Å². The Morgan fingerprint density at radius 3 is 2.60 bits per heavy atom. The van der Waals surface area contributed by atoms with Crippen LogP contribution in [0, 0.1) is 5.92 Å². The fraction of sp³-hybridized carbons (Fsp3) is 0.500. The molecule has 0 aromatic carbocycles. The lowest BCUT2D eigenvalue weighted by molar-refractivity contribution is -0.136. The number of imidazole rings is 1. The third kappa shape index (κ3) is 2.36. The van der Waals surface area contributed by atoms with E-state index in [9.17, 15) is 14.4 Å². The van der Waals surface area contributed by atoms with Crippen molar-refractivity contribution >= 4 is 17.1 Å². The summed E-state index contributed by atoms with van der Waals surface area (Å²) in [5.41, 5.74) is -0.592. The van der Waals surface area contributed by atoms with Gasteiger partial charge in [0.2, 0.25) is 0 Å². The highest BCUT2D eigenvalue weighted by atomic mass is 16.4. The third-order valence-electron chi connectivity index (χ3n) is 2.89. The quantitative estimate of drug-likeness (QED) is 0.799. The molecule has 8 nitrogen and oxygen atoms in total. The molecule has 0 aliphatic carbocycles. The molecule has 2 aromatic heterocycles.